The van der Waals surface area contributed by atoms with E-state index in [1.165, 1.54) is 5.57 Å². The van der Waals surface area contributed by atoms with Crippen LogP contribution in [0.3, 0.4) is 0 Å². The molecule has 2 aliphatic carbocycles. The molecule has 0 spiro atoms. The standard InChI is InChI=1S/C21H32O8/c1-10-4-5-15(29-20-18(25)17(24)16(23)14(9-22)28-20)21(3)7-6-12(8-13(10)21)11(2)19(26)27/h12,14-18,20,22-25H,2,4-9H2,1,3H3,(H,26,27)/t12-,14+,15-,16+,17-,18+,20-,21-/m1/s1. The second kappa shape index (κ2) is 8.45. The summed E-state index contributed by atoms with van der Waals surface area (Å²) in [5.41, 5.74) is 2.27. The summed E-state index contributed by atoms with van der Waals surface area (Å²) in [6, 6.07) is 0. The number of aliphatic carboxylic acids is 1. The Kier molecular flexibility index (Phi) is 6.53. The third-order valence-electron chi connectivity index (χ3n) is 7.07. The maximum Gasteiger partial charge on any atom is 0.331 e. The Bertz CT molecular complexity index is 686. The summed E-state index contributed by atoms with van der Waals surface area (Å²) < 4.78 is 11.7. The molecule has 0 aromatic carbocycles. The van der Waals surface area contributed by atoms with Crippen molar-refractivity contribution in [2.75, 3.05) is 6.61 Å². The average Bonchev–Trinajstić information content (AvgIpc) is 2.69. The van der Waals surface area contributed by atoms with Crippen molar-refractivity contribution >= 4 is 5.97 Å². The molecule has 0 aromatic rings. The van der Waals surface area contributed by atoms with Crippen molar-refractivity contribution in [1.82, 2.24) is 0 Å². The molecule has 8 nitrogen and oxygen atoms in total. The lowest BCUT2D eigenvalue weighted by molar-refractivity contribution is -0.319. The van der Waals surface area contributed by atoms with Crippen LogP contribution in [0.4, 0.5) is 0 Å². The molecule has 1 saturated carbocycles. The number of carboxylic acids is 1. The van der Waals surface area contributed by atoms with Gasteiger partial charge in [-0.15, -0.1) is 0 Å². The summed E-state index contributed by atoms with van der Waals surface area (Å²) in [5, 5.41) is 49.0. The molecule has 8 atom stereocenters. The lowest BCUT2D eigenvalue weighted by atomic mass is 9.59. The van der Waals surface area contributed by atoms with Crippen molar-refractivity contribution in [3.63, 3.8) is 0 Å². The zero-order valence-corrected chi connectivity index (χ0v) is 17.0. The van der Waals surface area contributed by atoms with Crippen LogP contribution >= 0.6 is 0 Å². The highest BCUT2D eigenvalue weighted by molar-refractivity contribution is 5.86. The normalized spacial score (nSPS) is 43.0. The number of aliphatic hydroxyl groups is 4. The highest BCUT2D eigenvalue weighted by atomic mass is 16.7. The molecule has 1 aliphatic heterocycles. The van der Waals surface area contributed by atoms with Crippen LogP contribution in [0.5, 0.6) is 0 Å². The lowest BCUT2D eigenvalue weighted by Crippen LogP contribution is -2.60. The SMILES string of the molecule is C=C(C(=O)O)[C@@H]1CC[C@]2(C)C(=C(C)CC[C@H]2O[C@H]2O[C@@H](CO)[C@H](O)[C@@H](O)[C@@H]2O)C1. The van der Waals surface area contributed by atoms with Gasteiger partial charge in [-0.25, -0.2) is 4.79 Å². The molecule has 0 bridgehead atoms. The Balaban J connectivity index is 1.79. The largest absolute Gasteiger partial charge is 0.478 e. The molecule has 29 heavy (non-hydrogen) atoms. The van der Waals surface area contributed by atoms with E-state index in [2.05, 4.69) is 20.4 Å². The molecular weight excluding hydrogens is 380 g/mol. The van der Waals surface area contributed by atoms with E-state index < -0.39 is 43.3 Å². The number of carbonyl (C=O) groups is 1. The predicted molar refractivity (Wildman–Crippen MR) is 103 cm³/mol. The molecule has 0 radical (unpaired) electrons. The monoisotopic (exact) mass is 412 g/mol. The van der Waals surface area contributed by atoms with E-state index in [9.17, 15) is 30.3 Å². The molecule has 3 aliphatic rings. The lowest BCUT2D eigenvalue weighted by Gasteiger charge is -2.50. The van der Waals surface area contributed by atoms with Crippen LogP contribution in [0.2, 0.25) is 0 Å². The van der Waals surface area contributed by atoms with Crippen LogP contribution in [-0.4, -0.2) is 74.9 Å². The maximum absolute atomic E-state index is 11.4. The van der Waals surface area contributed by atoms with Gasteiger partial charge in [0.2, 0.25) is 0 Å². The van der Waals surface area contributed by atoms with E-state index >= 15 is 0 Å². The molecule has 1 heterocycles. The minimum absolute atomic E-state index is 0.114. The number of allylic oxidation sites excluding steroid dienone is 1. The smallest absolute Gasteiger partial charge is 0.331 e. The summed E-state index contributed by atoms with van der Waals surface area (Å²) in [6.45, 7) is 7.38. The van der Waals surface area contributed by atoms with Crippen molar-refractivity contribution < 1.29 is 39.8 Å². The number of hydrogen-bond acceptors (Lipinski definition) is 7. The van der Waals surface area contributed by atoms with E-state index in [0.29, 0.717) is 25.7 Å². The predicted octanol–water partition coefficient (Wildman–Crippen LogP) is 0.729. The average molecular weight is 412 g/mol. The maximum atomic E-state index is 11.4. The summed E-state index contributed by atoms with van der Waals surface area (Å²) in [6.07, 6.45) is -3.35. The van der Waals surface area contributed by atoms with Gasteiger partial charge in [0.25, 0.3) is 0 Å². The first-order chi connectivity index (χ1) is 13.6. The van der Waals surface area contributed by atoms with E-state index in [0.717, 1.165) is 12.0 Å². The fourth-order valence-electron chi connectivity index (χ4n) is 5.07. The van der Waals surface area contributed by atoms with Crippen molar-refractivity contribution in [1.29, 1.82) is 0 Å². The van der Waals surface area contributed by atoms with Gasteiger partial charge in [0.15, 0.2) is 6.29 Å². The first kappa shape index (κ1) is 22.4. The van der Waals surface area contributed by atoms with Crippen molar-refractivity contribution in [2.45, 2.75) is 82.8 Å². The molecule has 0 unspecified atom stereocenters. The first-order valence-electron chi connectivity index (χ1n) is 10.2. The molecule has 5 N–H and O–H groups in total. The van der Waals surface area contributed by atoms with E-state index in [1.54, 1.807) is 0 Å². The van der Waals surface area contributed by atoms with Crippen molar-refractivity contribution in [3.8, 4) is 0 Å². The van der Waals surface area contributed by atoms with Crippen LogP contribution in [0.1, 0.15) is 46.0 Å². The number of fused-ring (bicyclic) bond motifs is 1. The molecule has 0 aromatic heterocycles. The third-order valence-corrected chi connectivity index (χ3v) is 7.07. The summed E-state index contributed by atoms with van der Waals surface area (Å²) in [5.74, 6) is -1.08. The topological polar surface area (TPSA) is 137 Å². The Labute approximate surface area is 170 Å². The van der Waals surface area contributed by atoms with Crippen LogP contribution in [-0.2, 0) is 14.3 Å². The molecule has 8 heteroatoms. The van der Waals surface area contributed by atoms with Gasteiger partial charge in [0.1, 0.15) is 24.4 Å². The minimum atomic E-state index is -1.48. The summed E-state index contributed by atoms with van der Waals surface area (Å²) >= 11 is 0. The molecule has 164 valence electrons. The number of rotatable bonds is 5. The van der Waals surface area contributed by atoms with E-state index in [4.69, 9.17) is 9.47 Å². The van der Waals surface area contributed by atoms with Gasteiger partial charge in [0, 0.05) is 11.0 Å². The van der Waals surface area contributed by atoms with Crippen LogP contribution in [0.25, 0.3) is 0 Å². The van der Waals surface area contributed by atoms with E-state index in [1.807, 2.05) is 0 Å². The van der Waals surface area contributed by atoms with Gasteiger partial charge in [-0.05, 0) is 44.9 Å². The number of carboxylic acid groups (broad SMARTS) is 1. The molecule has 3 rings (SSSR count). The Morgan fingerprint density at radius 1 is 1.24 bits per heavy atom. The van der Waals surface area contributed by atoms with Gasteiger partial charge < -0.3 is 35.0 Å². The van der Waals surface area contributed by atoms with Gasteiger partial charge in [-0.2, -0.15) is 0 Å². The molecule has 1 saturated heterocycles. The highest BCUT2D eigenvalue weighted by Gasteiger charge is 2.50. The van der Waals surface area contributed by atoms with Gasteiger partial charge in [0.05, 0.1) is 12.7 Å². The Morgan fingerprint density at radius 2 is 1.93 bits per heavy atom. The zero-order valence-electron chi connectivity index (χ0n) is 17.0. The van der Waals surface area contributed by atoms with Crippen molar-refractivity contribution in [3.05, 3.63) is 23.3 Å². The fraction of sp³-hybridized carbons (Fsp3) is 0.762. The van der Waals surface area contributed by atoms with Crippen LogP contribution in [0.15, 0.2) is 23.3 Å². The summed E-state index contributed by atoms with van der Waals surface area (Å²) in [4.78, 5) is 11.4. The minimum Gasteiger partial charge on any atom is -0.478 e. The highest BCUT2D eigenvalue weighted by Crippen LogP contribution is 2.53. The summed E-state index contributed by atoms with van der Waals surface area (Å²) in [7, 11) is 0. The van der Waals surface area contributed by atoms with Gasteiger partial charge in [-0.3, -0.25) is 0 Å². The molecular formula is C21H32O8. The Hall–Kier alpha value is -1.29. The second-order valence-corrected chi connectivity index (χ2v) is 8.81. The molecule has 0 amide bonds. The fourth-order valence-corrected chi connectivity index (χ4v) is 5.07. The zero-order chi connectivity index (χ0) is 21.5. The number of ether oxygens (including phenoxy) is 2. The second-order valence-electron chi connectivity index (χ2n) is 8.81. The molecule has 2 fully saturated rings. The van der Waals surface area contributed by atoms with E-state index in [-0.39, 0.29) is 23.0 Å². The van der Waals surface area contributed by atoms with Crippen LogP contribution < -0.4 is 0 Å². The number of hydrogen-bond donors (Lipinski definition) is 5. The third kappa shape index (κ3) is 4.02. The van der Waals surface area contributed by atoms with Crippen molar-refractivity contribution in [2.24, 2.45) is 11.3 Å². The van der Waals surface area contributed by atoms with Gasteiger partial charge >= 0.3 is 5.97 Å². The van der Waals surface area contributed by atoms with Gasteiger partial charge in [-0.1, -0.05) is 24.6 Å². The first-order valence-corrected chi connectivity index (χ1v) is 10.2. The quantitative estimate of drug-likeness (QED) is 0.329. The van der Waals surface area contributed by atoms with Crippen LogP contribution in [0, 0.1) is 11.3 Å². The Morgan fingerprint density at radius 3 is 2.55 bits per heavy atom. The number of aliphatic hydroxyl groups excluding tert-OH is 4.